The molecule has 0 aromatic rings. The van der Waals surface area contributed by atoms with Crippen molar-refractivity contribution in [1.82, 2.24) is 10.2 Å². The molecule has 1 N–H and O–H groups in total. The van der Waals surface area contributed by atoms with Crippen LogP contribution in [0, 0.1) is 5.41 Å². The molecule has 0 aromatic heterocycles. The Balaban J connectivity index is 3.24. The highest BCUT2D eigenvalue weighted by molar-refractivity contribution is 6.25. The number of piperazine rings is 1. The fourth-order valence-corrected chi connectivity index (χ4v) is 2.85. The summed E-state index contributed by atoms with van der Waals surface area (Å²) in [5.41, 5.74) is 0.306. The molecule has 1 unspecified atom stereocenters. The van der Waals surface area contributed by atoms with E-state index in [9.17, 15) is 9.59 Å². The predicted octanol–water partition coefficient (Wildman–Crippen LogP) is 2.67. The van der Waals surface area contributed by atoms with E-state index in [1.54, 1.807) is 11.0 Å². The van der Waals surface area contributed by atoms with Gasteiger partial charge in [-0.3, -0.25) is 9.59 Å². The van der Waals surface area contributed by atoms with Gasteiger partial charge < -0.3 is 10.2 Å². The van der Waals surface area contributed by atoms with E-state index in [-0.39, 0.29) is 17.2 Å². The second-order valence-electron chi connectivity index (χ2n) is 6.32. The second kappa shape index (κ2) is 6.17. The highest BCUT2D eigenvalue weighted by Crippen LogP contribution is 2.33. The first-order valence-corrected chi connectivity index (χ1v) is 7.56. The minimum Gasteiger partial charge on any atom is -0.342 e. The fraction of sp³-hybridized carbons (Fsp3) is 0.733. The number of nitrogens with zero attached hydrogens (tertiary/aromatic N) is 1. The molecule has 0 spiro atoms. The summed E-state index contributed by atoms with van der Waals surface area (Å²) in [6, 6.07) is -0.495. The molecule has 1 saturated heterocycles. The van der Waals surface area contributed by atoms with Crippen LogP contribution < -0.4 is 5.32 Å². The Labute approximate surface area is 126 Å². The Morgan fingerprint density at radius 3 is 2.25 bits per heavy atom. The smallest absolute Gasteiger partial charge is 0.246 e. The van der Waals surface area contributed by atoms with Crippen LogP contribution in [0.2, 0.25) is 0 Å². The van der Waals surface area contributed by atoms with Crippen molar-refractivity contribution in [2.75, 3.05) is 6.54 Å². The van der Waals surface area contributed by atoms with Gasteiger partial charge in [-0.25, -0.2) is 0 Å². The van der Waals surface area contributed by atoms with E-state index in [2.05, 4.69) is 5.32 Å². The SMILES string of the molecule is CCC1(CC)C(=O)NC(C(C)(C)C)C(=O)N1C/C=C/Cl. The summed E-state index contributed by atoms with van der Waals surface area (Å²) >= 11 is 5.59. The molecule has 1 rings (SSSR count). The van der Waals surface area contributed by atoms with Crippen molar-refractivity contribution < 1.29 is 9.59 Å². The van der Waals surface area contributed by atoms with Crippen molar-refractivity contribution in [3.63, 3.8) is 0 Å². The molecule has 0 radical (unpaired) electrons. The quantitative estimate of drug-likeness (QED) is 0.868. The van der Waals surface area contributed by atoms with E-state index in [4.69, 9.17) is 11.6 Å². The molecular weight excluding hydrogens is 276 g/mol. The van der Waals surface area contributed by atoms with Crippen molar-refractivity contribution >= 4 is 23.4 Å². The van der Waals surface area contributed by atoms with Crippen LogP contribution in [0.3, 0.4) is 0 Å². The highest BCUT2D eigenvalue weighted by Gasteiger charge is 2.52. The number of amides is 2. The maximum atomic E-state index is 12.8. The van der Waals surface area contributed by atoms with Crippen LogP contribution in [-0.4, -0.2) is 34.8 Å². The molecule has 5 heteroatoms. The van der Waals surface area contributed by atoms with Gasteiger partial charge in [-0.1, -0.05) is 52.3 Å². The first-order valence-electron chi connectivity index (χ1n) is 7.12. The zero-order valence-corrected chi connectivity index (χ0v) is 13.8. The summed E-state index contributed by atoms with van der Waals surface area (Å²) < 4.78 is 0. The third kappa shape index (κ3) is 2.85. The Kier molecular flexibility index (Phi) is 5.25. The van der Waals surface area contributed by atoms with Crippen LogP contribution in [0.4, 0.5) is 0 Å². The van der Waals surface area contributed by atoms with Crippen molar-refractivity contribution in [2.45, 2.75) is 59.0 Å². The number of hydrogen-bond donors (Lipinski definition) is 1. The number of nitrogens with one attached hydrogen (secondary N) is 1. The lowest BCUT2D eigenvalue weighted by molar-refractivity contribution is -0.160. The van der Waals surface area contributed by atoms with Gasteiger partial charge in [-0.2, -0.15) is 0 Å². The molecule has 4 nitrogen and oxygen atoms in total. The van der Waals surface area contributed by atoms with E-state index in [0.717, 1.165) is 0 Å². The van der Waals surface area contributed by atoms with Gasteiger partial charge in [0.15, 0.2) is 0 Å². The number of halogens is 1. The summed E-state index contributed by atoms with van der Waals surface area (Å²) in [5, 5.41) is 2.92. The van der Waals surface area contributed by atoms with E-state index < -0.39 is 11.6 Å². The van der Waals surface area contributed by atoms with Crippen LogP contribution in [0.1, 0.15) is 47.5 Å². The maximum Gasteiger partial charge on any atom is 0.246 e. The Morgan fingerprint density at radius 1 is 1.30 bits per heavy atom. The van der Waals surface area contributed by atoms with E-state index in [0.29, 0.717) is 19.4 Å². The topological polar surface area (TPSA) is 49.4 Å². The fourth-order valence-electron chi connectivity index (χ4n) is 2.77. The molecule has 20 heavy (non-hydrogen) atoms. The Hall–Kier alpha value is -1.03. The lowest BCUT2D eigenvalue weighted by Crippen LogP contribution is -2.72. The predicted molar refractivity (Wildman–Crippen MR) is 81.4 cm³/mol. The molecule has 1 aliphatic rings. The minimum absolute atomic E-state index is 0.0319. The summed E-state index contributed by atoms with van der Waals surface area (Å²) in [6.45, 7) is 10.1. The Morgan fingerprint density at radius 2 is 1.85 bits per heavy atom. The molecule has 0 saturated carbocycles. The molecule has 0 bridgehead atoms. The number of hydrogen-bond acceptors (Lipinski definition) is 2. The van der Waals surface area contributed by atoms with Gasteiger partial charge in [0.2, 0.25) is 11.8 Å². The van der Waals surface area contributed by atoms with Crippen molar-refractivity contribution in [3.05, 3.63) is 11.6 Å². The van der Waals surface area contributed by atoms with Gasteiger partial charge >= 0.3 is 0 Å². The molecular formula is C15H25ClN2O2. The molecule has 2 amide bonds. The number of carbonyl (C=O) groups is 2. The van der Waals surface area contributed by atoms with Crippen molar-refractivity contribution in [3.8, 4) is 0 Å². The molecule has 0 aliphatic carbocycles. The second-order valence-corrected chi connectivity index (χ2v) is 6.57. The van der Waals surface area contributed by atoms with Gasteiger partial charge in [-0.15, -0.1) is 0 Å². The van der Waals surface area contributed by atoms with Crippen LogP contribution in [0.5, 0.6) is 0 Å². The minimum atomic E-state index is -0.769. The lowest BCUT2D eigenvalue weighted by atomic mass is 9.79. The molecule has 114 valence electrons. The van der Waals surface area contributed by atoms with Gasteiger partial charge in [0.1, 0.15) is 11.6 Å². The van der Waals surface area contributed by atoms with E-state index >= 15 is 0 Å². The van der Waals surface area contributed by atoms with Crippen LogP contribution in [0.15, 0.2) is 11.6 Å². The molecule has 0 aromatic carbocycles. The number of carbonyl (C=O) groups excluding carboxylic acids is 2. The summed E-state index contributed by atoms with van der Waals surface area (Å²) in [7, 11) is 0. The largest absolute Gasteiger partial charge is 0.342 e. The third-order valence-electron chi connectivity index (χ3n) is 4.14. The van der Waals surface area contributed by atoms with Gasteiger partial charge in [0.25, 0.3) is 0 Å². The summed E-state index contributed by atoms with van der Waals surface area (Å²) in [5.74, 6) is -0.0967. The molecule has 1 fully saturated rings. The average Bonchev–Trinajstić information content (AvgIpc) is 2.38. The first-order chi connectivity index (χ1) is 9.24. The monoisotopic (exact) mass is 300 g/mol. The average molecular weight is 301 g/mol. The standard InChI is InChI=1S/C15H25ClN2O2/c1-6-15(7-2)13(20)17-11(14(3,4)5)12(19)18(15)10-8-9-16/h8-9,11H,6-7,10H2,1-5H3,(H,17,20)/b9-8+. The zero-order valence-electron chi connectivity index (χ0n) is 13.0. The number of rotatable bonds is 4. The summed E-state index contributed by atoms with van der Waals surface area (Å²) in [4.78, 5) is 27.1. The first kappa shape index (κ1) is 17.0. The Bertz CT molecular complexity index is 409. The maximum absolute atomic E-state index is 12.8. The zero-order chi connectivity index (χ0) is 15.6. The molecule has 1 heterocycles. The molecule has 1 aliphatic heterocycles. The third-order valence-corrected chi connectivity index (χ3v) is 4.32. The van der Waals surface area contributed by atoms with Crippen LogP contribution in [0.25, 0.3) is 0 Å². The molecule has 1 atom stereocenters. The lowest BCUT2D eigenvalue weighted by Gasteiger charge is -2.49. The van der Waals surface area contributed by atoms with Gasteiger partial charge in [0, 0.05) is 12.1 Å². The van der Waals surface area contributed by atoms with E-state index in [1.807, 2.05) is 34.6 Å². The highest BCUT2D eigenvalue weighted by atomic mass is 35.5. The van der Waals surface area contributed by atoms with Crippen LogP contribution >= 0.6 is 11.6 Å². The van der Waals surface area contributed by atoms with E-state index in [1.165, 1.54) is 5.54 Å². The van der Waals surface area contributed by atoms with Crippen molar-refractivity contribution in [1.29, 1.82) is 0 Å². The van der Waals surface area contributed by atoms with Crippen LogP contribution in [-0.2, 0) is 9.59 Å². The summed E-state index contributed by atoms with van der Waals surface area (Å²) in [6.07, 6.45) is 2.89. The van der Waals surface area contributed by atoms with Gasteiger partial charge in [0.05, 0.1) is 0 Å². The van der Waals surface area contributed by atoms with Crippen molar-refractivity contribution in [2.24, 2.45) is 5.41 Å². The normalized spacial score (nSPS) is 23.3. The van der Waals surface area contributed by atoms with Gasteiger partial charge in [-0.05, 0) is 18.3 Å².